The molecule has 38 heavy (non-hydrogen) atoms. The van der Waals surface area contributed by atoms with Crippen LogP contribution in [0.4, 0.5) is 11.4 Å². The van der Waals surface area contributed by atoms with E-state index in [1.54, 1.807) is 0 Å². The number of hydrogen-bond acceptors (Lipinski definition) is 2. The van der Waals surface area contributed by atoms with E-state index in [2.05, 4.69) is 101 Å². The Bertz CT molecular complexity index is 1710. The highest BCUT2D eigenvalue weighted by molar-refractivity contribution is 5.88. The van der Waals surface area contributed by atoms with E-state index < -0.39 is 6.03 Å². The molecule has 4 heteroatoms. The van der Waals surface area contributed by atoms with Gasteiger partial charge in [0.05, 0.1) is 11.1 Å². The van der Waals surface area contributed by atoms with Crippen molar-refractivity contribution >= 4 is 23.8 Å². The molecule has 2 aliphatic rings. The van der Waals surface area contributed by atoms with Crippen molar-refractivity contribution in [2.75, 3.05) is 0 Å². The van der Waals surface area contributed by atoms with Crippen LogP contribution in [-0.2, 0) is 0 Å². The summed E-state index contributed by atoms with van der Waals surface area (Å²) in [7, 11) is 0. The fourth-order valence-electron chi connectivity index (χ4n) is 5.23. The Morgan fingerprint density at radius 3 is 1.61 bits per heavy atom. The number of hydrogen-bond donors (Lipinski definition) is 0. The molecule has 4 nitrogen and oxygen atoms in total. The van der Waals surface area contributed by atoms with Crippen molar-refractivity contribution in [2.24, 2.45) is 0 Å². The summed E-state index contributed by atoms with van der Waals surface area (Å²) in [5, 5.41) is 0. The third-order valence-electron chi connectivity index (χ3n) is 7.06. The van der Waals surface area contributed by atoms with Gasteiger partial charge >= 0.3 is 6.03 Å². The first-order chi connectivity index (χ1) is 18.7. The van der Waals surface area contributed by atoms with E-state index in [1.807, 2.05) is 54.6 Å². The van der Waals surface area contributed by atoms with Gasteiger partial charge in [-0.05, 0) is 30.2 Å². The molecular weight excluding hydrogens is 468 g/mol. The molecule has 2 aliphatic heterocycles. The Hall–Kier alpha value is -4.96. The van der Waals surface area contributed by atoms with Gasteiger partial charge in [0.2, 0.25) is 11.4 Å². The third-order valence-corrected chi connectivity index (χ3v) is 7.06. The van der Waals surface area contributed by atoms with Crippen LogP contribution in [0.1, 0.15) is 16.7 Å². The minimum Gasteiger partial charge on any atom is -0.340 e. The molecule has 0 N–H and O–H groups in total. The zero-order valence-corrected chi connectivity index (χ0v) is 21.0. The van der Waals surface area contributed by atoms with Gasteiger partial charge < -0.3 is 9.47 Å². The molecular formula is C34H26N2O2+2. The normalized spacial score (nSPS) is 17.4. The molecule has 0 saturated heterocycles. The fourth-order valence-corrected chi connectivity index (χ4v) is 5.23. The number of benzene rings is 5. The molecule has 2 heterocycles. The minimum atomic E-state index is -1.35. The van der Waals surface area contributed by atoms with Crippen LogP contribution in [0.15, 0.2) is 127 Å². The topological polar surface area (TPSA) is 24.5 Å². The van der Waals surface area contributed by atoms with Crippen molar-refractivity contribution in [3.05, 3.63) is 144 Å². The second-order valence-electron chi connectivity index (χ2n) is 9.51. The lowest BCUT2D eigenvalue weighted by atomic mass is 10.0. The molecule has 5 aromatic carbocycles. The second-order valence-corrected chi connectivity index (χ2v) is 9.51. The van der Waals surface area contributed by atoms with E-state index in [0.717, 1.165) is 50.7 Å². The van der Waals surface area contributed by atoms with Gasteiger partial charge in [0, 0.05) is 29.8 Å². The van der Waals surface area contributed by atoms with Gasteiger partial charge in [-0.25, -0.2) is 0 Å². The maximum atomic E-state index is 7.16. The van der Waals surface area contributed by atoms with Crippen LogP contribution in [0.2, 0.25) is 0 Å². The average molecular weight is 495 g/mol. The van der Waals surface area contributed by atoms with Gasteiger partial charge in [0.25, 0.3) is 0 Å². The fraction of sp³-hybridized carbons (Fsp3) is 0.0588. The van der Waals surface area contributed by atoms with E-state index in [1.165, 1.54) is 0 Å². The molecule has 0 fully saturated rings. The number of nitrogens with zero attached hydrogens (tertiary/aromatic N) is 2. The predicted octanol–water partition coefficient (Wildman–Crippen LogP) is 7.28. The summed E-state index contributed by atoms with van der Waals surface area (Å²) in [6, 6.07) is 41.9. The van der Waals surface area contributed by atoms with Crippen molar-refractivity contribution in [3.8, 4) is 22.6 Å². The highest BCUT2D eigenvalue weighted by Gasteiger charge is 2.66. The molecule has 182 valence electrons. The summed E-state index contributed by atoms with van der Waals surface area (Å²) in [6.07, 6.45) is 4.26. The van der Waals surface area contributed by atoms with E-state index in [0.29, 0.717) is 0 Å². The lowest BCUT2D eigenvalue weighted by molar-refractivity contribution is -0.855. The number of ether oxygens (including phenoxy) is 2. The van der Waals surface area contributed by atoms with E-state index >= 15 is 0 Å². The summed E-state index contributed by atoms with van der Waals surface area (Å²) < 4.78 is 18.4. The Balaban J connectivity index is 1.55. The first-order valence-electron chi connectivity index (χ1n) is 12.8. The van der Waals surface area contributed by atoms with Crippen molar-refractivity contribution < 1.29 is 18.6 Å². The Morgan fingerprint density at radius 2 is 1.00 bits per heavy atom. The highest BCUT2D eigenvalue weighted by Crippen LogP contribution is 2.44. The summed E-state index contributed by atoms with van der Waals surface area (Å²) in [5.74, 6) is 1.58. The first-order valence-corrected chi connectivity index (χ1v) is 12.8. The minimum absolute atomic E-state index is 0.775. The van der Waals surface area contributed by atoms with Crippen molar-refractivity contribution in [1.82, 2.24) is 0 Å². The maximum Gasteiger partial charge on any atom is 0.714 e. The van der Waals surface area contributed by atoms with Crippen LogP contribution in [0.5, 0.6) is 11.5 Å². The lowest BCUT2D eigenvalue weighted by Gasteiger charge is -2.32. The van der Waals surface area contributed by atoms with Crippen molar-refractivity contribution in [1.29, 1.82) is 0 Å². The van der Waals surface area contributed by atoms with Crippen LogP contribution < -0.4 is 9.47 Å². The van der Waals surface area contributed by atoms with Crippen LogP contribution in [-0.4, -0.2) is 27.6 Å². The third kappa shape index (κ3) is 3.53. The van der Waals surface area contributed by atoms with E-state index in [4.69, 9.17) is 9.47 Å². The van der Waals surface area contributed by atoms with Crippen LogP contribution in [0.25, 0.3) is 11.1 Å². The SMILES string of the molecule is Cc1cccc2c1OC1(Oc3c(cccc3-c3ccccc3)C=[N+]1c1ccccc1)[N+](c1ccccc1)=C2. The summed E-state index contributed by atoms with van der Waals surface area (Å²) >= 11 is 0. The molecule has 0 aliphatic carbocycles. The maximum absolute atomic E-state index is 7.16. The Kier molecular flexibility index (Phi) is 5.19. The standard InChI is InChI=1S/C34H26N2O2/c1-25-13-11-16-27-23-35(29-18-7-3-8-19-29)34(37-32(25)27)36(30-20-9-4-10-21-30)24-28-17-12-22-31(33(28)38-34)26-14-5-2-6-15-26/h2-24H,1H3/q+2. The molecule has 1 spiro atoms. The molecule has 5 aromatic rings. The Morgan fingerprint density at radius 1 is 0.500 bits per heavy atom. The van der Waals surface area contributed by atoms with E-state index in [-0.39, 0.29) is 0 Å². The van der Waals surface area contributed by atoms with Gasteiger partial charge in [-0.1, -0.05) is 100 Å². The predicted molar refractivity (Wildman–Crippen MR) is 150 cm³/mol. The molecule has 0 amide bonds. The molecule has 1 atom stereocenters. The lowest BCUT2D eigenvalue weighted by Crippen LogP contribution is -2.62. The summed E-state index contributed by atoms with van der Waals surface area (Å²) in [6.45, 7) is 2.07. The van der Waals surface area contributed by atoms with Crippen LogP contribution in [0, 0.1) is 6.92 Å². The molecule has 1 unspecified atom stereocenters. The largest absolute Gasteiger partial charge is 0.714 e. The molecule has 0 bridgehead atoms. The van der Waals surface area contributed by atoms with Crippen LogP contribution >= 0.6 is 0 Å². The van der Waals surface area contributed by atoms with E-state index in [9.17, 15) is 0 Å². The summed E-state index contributed by atoms with van der Waals surface area (Å²) in [4.78, 5) is 0. The van der Waals surface area contributed by atoms with Gasteiger partial charge in [-0.15, -0.1) is 0 Å². The number of para-hydroxylation sites is 4. The molecule has 7 rings (SSSR count). The quantitative estimate of drug-likeness (QED) is 0.246. The van der Waals surface area contributed by atoms with Gasteiger partial charge in [0.15, 0.2) is 23.9 Å². The van der Waals surface area contributed by atoms with Gasteiger partial charge in [0.1, 0.15) is 0 Å². The average Bonchev–Trinajstić information content (AvgIpc) is 2.98. The van der Waals surface area contributed by atoms with Crippen LogP contribution in [0.3, 0.4) is 0 Å². The van der Waals surface area contributed by atoms with Crippen molar-refractivity contribution in [3.63, 3.8) is 0 Å². The number of rotatable bonds is 3. The van der Waals surface area contributed by atoms with Gasteiger partial charge in [-0.2, -0.15) is 0 Å². The second kappa shape index (κ2) is 8.86. The molecule has 0 aromatic heterocycles. The first kappa shape index (κ1) is 22.3. The molecule has 0 radical (unpaired) electrons. The highest BCUT2D eigenvalue weighted by atomic mass is 16.7. The zero-order valence-electron chi connectivity index (χ0n) is 21.0. The smallest absolute Gasteiger partial charge is 0.340 e. The summed E-state index contributed by atoms with van der Waals surface area (Å²) in [5.41, 5.74) is 7.03. The number of fused-ring (bicyclic) bond motifs is 2. The molecule has 0 saturated carbocycles. The number of aryl methyl sites for hydroxylation is 1. The van der Waals surface area contributed by atoms with Gasteiger partial charge in [-0.3, -0.25) is 0 Å². The monoisotopic (exact) mass is 494 g/mol. The van der Waals surface area contributed by atoms with Crippen molar-refractivity contribution in [2.45, 2.75) is 13.0 Å². The zero-order chi connectivity index (χ0) is 25.5. The Labute approximate surface area is 222 Å².